The van der Waals surface area contributed by atoms with E-state index >= 15 is 0 Å². The minimum Gasteiger partial charge on any atom is -0.507 e. The summed E-state index contributed by atoms with van der Waals surface area (Å²) in [6, 6.07) is 15.6. The number of pyridine rings is 1. The van der Waals surface area contributed by atoms with E-state index in [-0.39, 0.29) is 17.1 Å². The van der Waals surface area contributed by atoms with Crippen molar-refractivity contribution < 1.29 is 24.4 Å². The van der Waals surface area contributed by atoms with Gasteiger partial charge in [-0.3, -0.25) is 24.6 Å². The Morgan fingerprint density at radius 1 is 1.09 bits per heavy atom. The molecular weight excluding hydrogens is 414 g/mol. The molecule has 32 heavy (non-hydrogen) atoms. The van der Waals surface area contributed by atoms with Crippen LogP contribution in [0.25, 0.3) is 5.76 Å². The molecule has 1 atom stereocenters. The number of methoxy groups -OCH3 is 1. The summed E-state index contributed by atoms with van der Waals surface area (Å²) < 4.78 is 5.11. The fourth-order valence-corrected chi connectivity index (χ4v) is 3.59. The molecule has 4 rings (SSSR count). The fourth-order valence-electron chi connectivity index (χ4n) is 3.59. The van der Waals surface area contributed by atoms with Crippen molar-refractivity contribution in [3.63, 3.8) is 0 Å². The monoisotopic (exact) mass is 431 g/mol. The first-order chi connectivity index (χ1) is 15.4. The predicted molar refractivity (Wildman–Crippen MR) is 115 cm³/mol. The van der Waals surface area contributed by atoms with Crippen molar-refractivity contribution >= 4 is 29.0 Å². The molecule has 2 aromatic carbocycles. The van der Waals surface area contributed by atoms with Crippen molar-refractivity contribution in [3.05, 3.63) is 99.7 Å². The van der Waals surface area contributed by atoms with Crippen LogP contribution in [0.1, 0.15) is 17.2 Å². The molecule has 0 unspecified atom stereocenters. The van der Waals surface area contributed by atoms with Gasteiger partial charge in [-0.15, -0.1) is 0 Å². The quantitative estimate of drug-likeness (QED) is 0.215. The van der Waals surface area contributed by atoms with Crippen molar-refractivity contribution in [1.29, 1.82) is 0 Å². The highest BCUT2D eigenvalue weighted by Crippen LogP contribution is 2.42. The van der Waals surface area contributed by atoms with E-state index in [9.17, 15) is 24.8 Å². The van der Waals surface area contributed by atoms with E-state index in [4.69, 9.17) is 4.74 Å². The van der Waals surface area contributed by atoms with Crippen LogP contribution in [-0.4, -0.2) is 33.8 Å². The molecule has 0 saturated carbocycles. The summed E-state index contributed by atoms with van der Waals surface area (Å²) in [5.74, 6) is -1.48. The van der Waals surface area contributed by atoms with Crippen LogP contribution in [0.15, 0.2) is 78.5 Å². The highest BCUT2D eigenvalue weighted by atomic mass is 16.6. The predicted octanol–water partition coefficient (Wildman–Crippen LogP) is 3.62. The van der Waals surface area contributed by atoms with Crippen LogP contribution >= 0.6 is 0 Å². The number of amides is 1. The average molecular weight is 431 g/mol. The van der Waals surface area contributed by atoms with Gasteiger partial charge in [0, 0.05) is 23.9 Å². The molecule has 160 valence electrons. The number of carbonyl (C=O) groups is 2. The van der Waals surface area contributed by atoms with E-state index in [0.29, 0.717) is 16.9 Å². The standard InChI is InChI=1S/C23H17N3O6/c1-32-17-10-8-14(9-11-17)21(27)19-20(15-5-4-6-16(13-15)26(30)31)25(23(29)22(19)28)18-7-2-3-12-24-18/h2-13,20,27H,1H3/b21-19+/t20-/m1/s1. The number of aliphatic hydroxyl groups excluding tert-OH is 1. The van der Waals surface area contributed by atoms with Gasteiger partial charge in [0.05, 0.1) is 23.6 Å². The summed E-state index contributed by atoms with van der Waals surface area (Å²) in [5, 5.41) is 22.3. The lowest BCUT2D eigenvalue weighted by Crippen LogP contribution is -2.30. The first-order valence-corrected chi connectivity index (χ1v) is 9.53. The number of ketones is 1. The van der Waals surface area contributed by atoms with Crippen LogP contribution in [0.4, 0.5) is 11.5 Å². The number of aromatic nitrogens is 1. The van der Waals surface area contributed by atoms with Gasteiger partial charge in [0.1, 0.15) is 17.3 Å². The Morgan fingerprint density at radius 3 is 2.47 bits per heavy atom. The number of nitro benzene ring substituents is 1. The maximum absolute atomic E-state index is 13.0. The SMILES string of the molecule is COc1ccc(/C(O)=C2\C(=O)C(=O)N(c3ccccn3)[C@@H]2c2cccc([N+](=O)[O-])c2)cc1. The minimum absolute atomic E-state index is 0.180. The second-order valence-corrected chi connectivity index (χ2v) is 6.94. The number of non-ortho nitro benzene ring substituents is 1. The number of Topliss-reactive ketones (excluding diaryl/α,β-unsaturated/α-hetero) is 1. The molecule has 0 aliphatic carbocycles. The number of ether oxygens (including phenoxy) is 1. The van der Waals surface area contributed by atoms with Gasteiger partial charge in [-0.25, -0.2) is 4.98 Å². The van der Waals surface area contributed by atoms with Crippen LogP contribution in [-0.2, 0) is 9.59 Å². The smallest absolute Gasteiger partial charge is 0.301 e. The number of nitrogens with zero attached hydrogens (tertiary/aromatic N) is 3. The average Bonchev–Trinajstić information content (AvgIpc) is 3.09. The number of nitro groups is 1. The molecule has 1 amide bonds. The highest BCUT2D eigenvalue weighted by Gasteiger charge is 2.47. The Labute approximate surface area is 182 Å². The zero-order chi connectivity index (χ0) is 22.8. The molecule has 1 aliphatic rings. The van der Waals surface area contributed by atoms with Gasteiger partial charge < -0.3 is 9.84 Å². The van der Waals surface area contributed by atoms with Crippen LogP contribution < -0.4 is 9.64 Å². The number of hydrogen-bond donors (Lipinski definition) is 1. The van der Waals surface area contributed by atoms with Crippen LogP contribution in [0.2, 0.25) is 0 Å². The van der Waals surface area contributed by atoms with Gasteiger partial charge in [0.15, 0.2) is 0 Å². The largest absolute Gasteiger partial charge is 0.507 e. The lowest BCUT2D eigenvalue weighted by atomic mass is 9.95. The molecule has 1 N–H and O–H groups in total. The molecule has 0 spiro atoms. The summed E-state index contributed by atoms with van der Waals surface area (Å²) in [4.78, 5) is 42.1. The van der Waals surface area contributed by atoms with Crippen LogP contribution in [0, 0.1) is 10.1 Å². The normalized spacial score (nSPS) is 17.4. The van der Waals surface area contributed by atoms with E-state index in [1.807, 2.05) is 0 Å². The summed E-state index contributed by atoms with van der Waals surface area (Å²) in [5.41, 5.74) is 0.184. The molecule has 1 fully saturated rings. The number of carbonyl (C=O) groups excluding carboxylic acids is 2. The molecule has 9 nitrogen and oxygen atoms in total. The highest BCUT2D eigenvalue weighted by molar-refractivity contribution is 6.51. The van der Waals surface area contributed by atoms with Crippen LogP contribution in [0.5, 0.6) is 5.75 Å². The number of rotatable bonds is 5. The third-order valence-corrected chi connectivity index (χ3v) is 5.10. The molecular formula is C23H17N3O6. The van der Waals surface area contributed by atoms with Gasteiger partial charge in [-0.05, 0) is 42.0 Å². The van der Waals surface area contributed by atoms with Gasteiger partial charge >= 0.3 is 5.91 Å². The summed E-state index contributed by atoms with van der Waals surface area (Å²) >= 11 is 0. The number of hydrogen-bond acceptors (Lipinski definition) is 7. The Balaban J connectivity index is 1.94. The van der Waals surface area contributed by atoms with Crippen molar-refractivity contribution in [3.8, 4) is 5.75 Å². The topological polar surface area (TPSA) is 123 Å². The molecule has 2 heterocycles. The fraction of sp³-hybridized carbons (Fsp3) is 0.0870. The second-order valence-electron chi connectivity index (χ2n) is 6.94. The van der Waals surface area contributed by atoms with Crippen molar-refractivity contribution in [2.24, 2.45) is 0 Å². The Bertz CT molecular complexity index is 1240. The molecule has 0 bridgehead atoms. The van der Waals surface area contributed by atoms with Gasteiger partial charge in [0.25, 0.3) is 11.5 Å². The van der Waals surface area contributed by atoms with Gasteiger partial charge in [0.2, 0.25) is 0 Å². The Kier molecular flexibility index (Phi) is 5.38. The van der Waals surface area contributed by atoms with E-state index < -0.39 is 28.4 Å². The van der Waals surface area contributed by atoms with Gasteiger partial charge in [-0.1, -0.05) is 18.2 Å². The van der Waals surface area contributed by atoms with E-state index in [0.717, 1.165) is 4.90 Å². The molecule has 1 saturated heterocycles. The number of aliphatic hydroxyl groups is 1. The van der Waals surface area contributed by atoms with Crippen molar-refractivity contribution in [2.45, 2.75) is 6.04 Å². The molecule has 9 heteroatoms. The zero-order valence-corrected chi connectivity index (χ0v) is 16.8. The zero-order valence-electron chi connectivity index (χ0n) is 16.8. The number of anilines is 1. The lowest BCUT2D eigenvalue weighted by molar-refractivity contribution is -0.384. The maximum atomic E-state index is 13.0. The summed E-state index contributed by atoms with van der Waals surface area (Å²) in [7, 11) is 1.50. The lowest BCUT2D eigenvalue weighted by Gasteiger charge is -2.24. The van der Waals surface area contributed by atoms with E-state index in [2.05, 4.69) is 4.98 Å². The molecule has 0 radical (unpaired) electrons. The number of benzene rings is 2. The maximum Gasteiger partial charge on any atom is 0.301 e. The summed E-state index contributed by atoms with van der Waals surface area (Å²) in [6.07, 6.45) is 1.46. The van der Waals surface area contributed by atoms with E-state index in [1.165, 1.54) is 31.5 Å². The van der Waals surface area contributed by atoms with Crippen molar-refractivity contribution in [2.75, 3.05) is 12.0 Å². The van der Waals surface area contributed by atoms with Crippen molar-refractivity contribution in [1.82, 2.24) is 4.98 Å². The van der Waals surface area contributed by atoms with Gasteiger partial charge in [-0.2, -0.15) is 0 Å². The first kappa shape index (κ1) is 20.7. The third-order valence-electron chi connectivity index (χ3n) is 5.10. The third kappa shape index (κ3) is 3.56. The van der Waals surface area contributed by atoms with E-state index in [1.54, 1.807) is 48.5 Å². The summed E-state index contributed by atoms with van der Waals surface area (Å²) in [6.45, 7) is 0. The Morgan fingerprint density at radius 2 is 1.84 bits per heavy atom. The Hall–Kier alpha value is -4.53. The minimum atomic E-state index is -1.10. The molecule has 1 aromatic heterocycles. The molecule has 3 aromatic rings. The van der Waals surface area contributed by atoms with Crippen LogP contribution in [0.3, 0.4) is 0 Å². The first-order valence-electron chi connectivity index (χ1n) is 9.53. The molecule has 1 aliphatic heterocycles. The second kappa shape index (κ2) is 8.31.